The predicted molar refractivity (Wildman–Crippen MR) is 267 cm³/mol. The maximum absolute atomic E-state index is 10.3. The van der Waals surface area contributed by atoms with Crippen molar-refractivity contribution in [2.24, 2.45) is 0 Å². The molecule has 300 valence electrons. The first-order chi connectivity index (χ1) is 38.8. The molecule has 0 saturated carbocycles. The highest BCUT2D eigenvalue weighted by molar-refractivity contribution is 7.21. The lowest BCUT2D eigenvalue weighted by atomic mass is 9.68. The smallest absolute Gasteiger partial charge is 0.159 e. The van der Waals surface area contributed by atoms with Crippen LogP contribution in [0.1, 0.15) is 45.6 Å². The summed E-state index contributed by atoms with van der Waals surface area (Å²) >= 11 is 1.54. The van der Waals surface area contributed by atoms with Crippen molar-refractivity contribution in [1.29, 1.82) is 0 Å². The van der Waals surface area contributed by atoms with Crippen molar-refractivity contribution in [3.05, 3.63) is 252 Å². The summed E-state index contributed by atoms with van der Waals surface area (Å²) in [6.45, 7) is 0. The molecular weight excluding hydrogens is 797 g/mol. The number of anilines is 3. The molecule has 13 rings (SSSR count). The van der Waals surface area contributed by atoms with Gasteiger partial charge in [0.1, 0.15) is 10.6 Å². The zero-order valence-corrected chi connectivity index (χ0v) is 34.2. The van der Waals surface area contributed by atoms with Crippen LogP contribution in [0.25, 0.3) is 75.8 Å². The van der Waals surface area contributed by atoms with Crippen molar-refractivity contribution in [3.8, 4) is 32.8 Å². The molecule has 0 atom stereocenters. The molecule has 0 saturated heterocycles. The largest absolute Gasteiger partial charge is 0.454 e. The quantitative estimate of drug-likeness (QED) is 0.160. The average molecular weight is 852 g/mol. The number of thiazole rings is 1. The van der Waals surface area contributed by atoms with Gasteiger partial charge in [0.05, 0.1) is 44.6 Å². The normalized spacial score (nSPS) is 16.5. The van der Waals surface area contributed by atoms with Crippen molar-refractivity contribution in [2.75, 3.05) is 4.90 Å². The van der Waals surface area contributed by atoms with Crippen LogP contribution in [0.5, 0.6) is 0 Å². The molecule has 2 aromatic heterocycles. The van der Waals surface area contributed by atoms with Gasteiger partial charge >= 0.3 is 0 Å². The lowest BCUT2D eigenvalue weighted by molar-refractivity contribution is 0.669. The van der Waals surface area contributed by atoms with Gasteiger partial charge in [-0.1, -0.05) is 182 Å². The summed E-state index contributed by atoms with van der Waals surface area (Å²) in [5.41, 5.74) is -2.65. The maximum Gasteiger partial charge on any atom is 0.159 e. The van der Waals surface area contributed by atoms with E-state index in [0.717, 1.165) is 48.1 Å². The van der Waals surface area contributed by atoms with E-state index in [4.69, 9.17) is 19.0 Å². The number of furan rings is 1. The van der Waals surface area contributed by atoms with E-state index < -0.39 is 142 Å². The predicted octanol–water partition coefficient (Wildman–Crippen LogP) is 16.5. The van der Waals surface area contributed by atoms with Crippen molar-refractivity contribution < 1.29 is 27.7 Å². The summed E-state index contributed by atoms with van der Waals surface area (Å²) < 4.78 is 168. The minimum atomic E-state index is -2.98. The molecule has 0 radical (unpaired) electrons. The molecule has 2 heterocycles. The Morgan fingerprint density at radius 3 is 1.88 bits per heavy atom. The third kappa shape index (κ3) is 5.49. The summed E-state index contributed by atoms with van der Waals surface area (Å²) in [7, 11) is 0. The van der Waals surface area contributed by atoms with Crippen LogP contribution in [0.15, 0.2) is 235 Å². The molecule has 12 aromatic rings. The second-order valence-corrected chi connectivity index (χ2v) is 16.3. The molecule has 0 fully saturated rings. The summed E-state index contributed by atoms with van der Waals surface area (Å²) in [5.74, 6) is 0. The fraction of sp³-hybridized carbons (Fsp3) is 0.0167. The molecule has 0 aliphatic heterocycles. The molecule has 0 amide bonds. The van der Waals surface area contributed by atoms with Gasteiger partial charge in [0.25, 0.3) is 0 Å². The van der Waals surface area contributed by atoms with E-state index in [2.05, 4.69) is 0 Å². The lowest BCUT2D eigenvalue weighted by Crippen LogP contribution is -2.28. The SMILES string of the molecule is [2H]c1c([2H])c([2H])c(C2(c3c([2H])c([2H])c(N(c4ccc(-c5ccccc5)cc4)c4cccc5c4oc4cc(-c6nc7ccccc7s6)c6ccccc6c45)c([2H])c3[2H])c3c([2H])c([2H])c([2H])c([2H])c3-c3c([2H])c([2H])c([2H])c([2H])c32)c([2H])c1[2H]. The molecule has 4 heteroatoms. The van der Waals surface area contributed by atoms with Gasteiger partial charge in [-0.2, -0.15) is 0 Å². The first-order valence-electron chi connectivity index (χ1n) is 28.9. The van der Waals surface area contributed by atoms with Crippen LogP contribution in [0, 0.1) is 0 Å². The van der Waals surface area contributed by atoms with E-state index in [1.165, 1.54) is 16.2 Å². The molecule has 0 spiro atoms. The van der Waals surface area contributed by atoms with Gasteiger partial charge < -0.3 is 9.32 Å². The van der Waals surface area contributed by atoms with Crippen LogP contribution in [0.2, 0.25) is 0 Å². The standard InChI is InChI=1S/C60H38N2OS/c1-3-16-39(17-4-1)40-30-34-43(35-31-40)62(44-36-32-42(33-37-44)60(41-18-5-2-6-19-41)51-25-11-9-21-46(51)47-22-10-12-26-52(47)60)54-28-15-24-49-57-48-23-8-7-20-45(48)50(38-55(57)63-58(49)54)59-61-53-27-13-14-29-56(53)64-59/h1-38H/i2D,5D,6D,9D,10D,11D,12D,18D,19D,21D,22D,25D,26D,32D,33D,36D,37D. The zero-order chi connectivity index (χ0) is 57.0. The third-order valence-electron chi connectivity index (χ3n) is 11.9. The summed E-state index contributed by atoms with van der Waals surface area (Å²) in [4.78, 5) is 6.50. The van der Waals surface area contributed by atoms with E-state index >= 15 is 0 Å². The highest BCUT2D eigenvalue weighted by Crippen LogP contribution is 2.56. The fourth-order valence-corrected chi connectivity index (χ4v) is 10.2. The van der Waals surface area contributed by atoms with E-state index in [-0.39, 0.29) is 17.0 Å². The van der Waals surface area contributed by atoms with E-state index in [0.29, 0.717) is 16.7 Å². The Kier molecular flexibility index (Phi) is 5.31. The number of rotatable bonds is 7. The number of aromatic nitrogens is 1. The molecule has 0 bridgehead atoms. The third-order valence-corrected chi connectivity index (χ3v) is 13.0. The summed E-state index contributed by atoms with van der Waals surface area (Å²) in [6, 6.07) is 24.6. The number of hydrogen-bond acceptors (Lipinski definition) is 4. The van der Waals surface area contributed by atoms with E-state index in [1.807, 2.05) is 103 Å². The van der Waals surface area contributed by atoms with Crippen LogP contribution >= 0.6 is 11.3 Å². The Balaban J connectivity index is 1.16. The first kappa shape index (κ1) is 23.4. The second-order valence-electron chi connectivity index (χ2n) is 15.3. The number of para-hydroxylation sites is 2. The van der Waals surface area contributed by atoms with Crippen LogP contribution in [-0.2, 0) is 5.41 Å². The first-order valence-corrected chi connectivity index (χ1v) is 21.2. The Morgan fingerprint density at radius 1 is 0.500 bits per heavy atom. The lowest BCUT2D eigenvalue weighted by Gasteiger charge is -2.34. The van der Waals surface area contributed by atoms with Crippen molar-refractivity contribution in [1.82, 2.24) is 4.98 Å². The topological polar surface area (TPSA) is 29.3 Å². The Morgan fingerprint density at radius 2 is 1.12 bits per heavy atom. The Labute approximate surface area is 398 Å². The molecule has 0 unspecified atom stereocenters. The number of hydrogen-bond donors (Lipinski definition) is 0. The van der Waals surface area contributed by atoms with Crippen molar-refractivity contribution >= 4 is 71.3 Å². The van der Waals surface area contributed by atoms with Gasteiger partial charge in [0.2, 0.25) is 0 Å². The molecule has 3 nitrogen and oxygen atoms in total. The van der Waals surface area contributed by atoms with Gasteiger partial charge in [-0.05, 0) is 104 Å². The minimum absolute atomic E-state index is 0.260. The van der Waals surface area contributed by atoms with Gasteiger partial charge in [-0.3, -0.25) is 0 Å². The van der Waals surface area contributed by atoms with E-state index in [9.17, 15) is 13.7 Å². The molecule has 0 N–H and O–H groups in total. The number of fused-ring (bicyclic) bond motifs is 9. The average Bonchev–Trinajstić information content (AvgIpc) is 2.37. The summed E-state index contributed by atoms with van der Waals surface area (Å²) in [5, 5.41) is 3.89. The number of nitrogens with zero attached hydrogens (tertiary/aromatic N) is 2. The number of benzene rings is 10. The molecular formula is C60H38N2OS. The van der Waals surface area contributed by atoms with Gasteiger partial charge in [0.15, 0.2) is 5.58 Å². The fourth-order valence-electron chi connectivity index (χ4n) is 9.16. The summed E-state index contributed by atoms with van der Waals surface area (Å²) in [6.07, 6.45) is 0. The van der Waals surface area contributed by atoms with Crippen LogP contribution < -0.4 is 4.90 Å². The van der Waals surface area contributed by atoms with Crippen LogP contribution in [0.4, 0.5) is 17.1 Å². The maximum atomic E-state index is 10.3. The van der Waals surface area contributed by atoms with E-state index in [1.54, 1.807) is 24.3 Å². The monoisotopic (exact) mass is 851 g/mol. The van der Waals surface area contributed by atoms with Gasteiger partial charge in [0, 0.05) is 27.7 Å². The minimum Gasteiger partial charge on any atom is -0.454 e. The Hall–Kier alpha value is -8.05. The van der Waals surface area contributed by atoms with Crippen LogP contribution in [-0.4, -0.2) is 4.98 Å². The molecule has 1 aliphatic rings. The second kappa shape index (κ2) is 14.5. The Bertz CT molecular complexity index is 4590. The van der Waals surface area contributed by atoms with Crippen molar-refractivity contribution in [2.45, 2.75) is 5.41 Å². The molecule has 1 aliphatic carbocycles. The van der Waals surface area contributed by atoms with Crippen LogP contribution in [0.3, 0.4) is 0 Å². The molecule has 10 aromatic carbocycles. The highest BCUT2D eigenvalue weighted by atomic mass is 32.1. The zero-order valence-electron chi connectivity index (χ0n) is 50.3. The van der Waals surface area contributed by atoms with Gasteiger partial charge in [-0.15, -0.1) is 11.3 Å². The van der Waals surface area contributed by atoms with Crippen molar-refractivity contribution in [3.63, 3.8) is 0 Å². The van der Waals surface area contributed by atoms with Gasteiger partial charge in [-0.25, -0.2) is 4.98 Å². The molecule has 64 heavy (non-hydrogen) atoms. The highest BCUT2D eigenvalue weighted by Gasteiger charge is 2.45.